The third-order valence-corrected chi connectivity index (χ3v) is 5.17. The molecule has 3 rings (SSSR count). The van der Waals surface area contributed by atoms with Gasteiger partial charge in [0.05, 0.1) is 18.7 Å². The lowest BCUT2D eigenvalue weighted by atomic mass is 9.87. The van der Waals surface area contributed by atoms with E-state index in [1.807, 2.05) is 24.3 Å². The van der Waals surface area contributed by atoms with E-state index in [4.69, 9.17) is 0 Å². The maximum Gasteiger partial charge on any atom is 0.239 e. The van der Waals surface area contributed by atoms with Crippen molar-refractivity contribution in [2.75, 3.05) is 6.54 Å². The quantitative estimate of drug-likeness (QED) is 0.771. The van der Waals surface area contributed by atoms with E-state index in [0.717, 1.165) is 24.0 Å². The summed E-state index contributed by atoms with van der Waals surface area (Å²) >= 11 is 0. The van der Waals surface area contributed by atoms with Gasteiger partial charge in [-0.1, -0.05) is 43.5 Å². The van der Waals surface area contributed by atoms with Crippen molar-refractivity contribution >= 4 is 11.8 Å². The van der Waals surface area contributed by atoms with E-state index in [1.165, 1.54) is 19.3 Å². The third-order valence-electron chi connectivity index (χ3n) is 5.17. The van der Waals surface area contributed by atoms with Gasteiger partial charge in [0, 0.05) is 12.8 Å². The predicted octanol–water partition coefficient (Wildman–Crippen LogP) is 1.85. The molecule has 1 saturated carbocycles. The topological polar surface area (TPSA) is 78.4 Å². The zero-order chi connectivity index (χ0) is 16.9. The molecule has 0 spiro atoms. The van der Waals surface area contributed by atoms with Crippen LogP contribution in [0.3, 0.4) is 0 Å². The van der Waals surface area contributed by atoms with E-state index in [9.17, 15) is 14.7 Å². The van der Waals surface area contributed by atoms with Crippen LogP contribution in [0.15, 0.2) is 24.3 Å². The van der Waals surface area contributed by atoms with Gasteiger partial charge in [-0.3, -0.25) is 9.59 Å². The lowest BCUT2D eigenvalue weighted by Gasteiger charge is -2.21. The molecule has 2 unspecified atom stereocenters. The van der Waals surface area contributed by atoms with E-state index in [1.54, 1.807) is 0 Å². The van der Waals surface area contributed by atoms with Crippen LogP contribution in [0.2, 0.25) is 0 Å². The highest BCUT2D eigenvalue weighted by Crippen LogP contribution is 2.31. The summed E-state index contributed by atoms with van der Waals surface area (Å²) in [6.07, 6.45) is 6.37. The highest BCUT2D eigenvalue weighted by molar-refractivity contribution is 5.85. The number of nitrogens with one attached hydrogen (secondary N) is 2. The molecule has 0 bridgehead atoms. The van der Waals surface area contributed by atoms with Crippen molar-refractivity contribution in [2.24, 2.45) is 5.92 Å². The molecule has 2 amide bonds. The molecule has 24 heavy (non-hydrogen) atoms. The minimum atomic E-state index is -0.607. The number of aliphatic hydroxyl groups excluding tert-OH is 1. The normalized spacial score (nSPS) is 23.5. The predicted molar refractivity (Wildman–Crippen MR) is 91.2 cm³/mol. The van der Waals surface area contributed by atoms with Crippen LogP contribution in [0.1, 0.15) is 55.7 Å². The van der Waals surface area contributed by atoms with Gasteiger partial charge in [-0.05, 0) is 29.9 Å². The zero-order valence-corrected chi connectivity index (χ0v) is 14.0. The van der Waals surface area contributed by atoms with E-state index in [-0.39, 0.29) is 24.4 Å². The van der Waals surface area contributed by atoms with Crippen LogP contribution < -0.4 is 10.6 Å². The number of carbonyl (C=O) groups is 2. The van der Waals surface area contributed by atoms with Crippen molar-refractivity contribution in [2.45, 2.75) is 57.1 Å². The number of carbonyl (C=O) groups excluding carboxylic acids is 2. The molecule has 2 aliphatic rings. The van der Waals surface area contributed by atoms with Crippen molar-refractivity contribution in [3.63, 3.8) is 0 Å². The first-order valence-electron chi connectivity index (χ1n) is 8.95. The van der Waals surface area contributed by atoms with Crippen LogP contribution >= 0.6 is 0 Å². The van der Waals surface area contributed by atoms with Gasteiger partial charge in [0.1, 0.15) is 0 Å². The van der Waals surface area contributed by atoms with Crippen LogP contribution in [0, 0.1) is 5.92 Å². The molecular formula is C19H26N2O3. The highest BCUT2D eigenvalue weighted by atomic mass is 16.3. The second kappa shape index (κ2) is 7.79. The summed E-state index contributed by atoms with van der Waals surface area (Å²) in [6, 6.07) is 7.35. The van der Waals surface area contributed by atoms with E-state index >= 15 is 0 Å². The molecule has 0 radical (unpaired) electrons. The Hall–Kier alpha value is -1.88. The smallest absolute Gasteiger partial charge is 0.239 e. The fourth-order valence-corrected chi connectivity index (χ4v) is 3.88. The Bertz CT molecular complexity index is 596. The van der Waals surface area contributed by atoms with Crippen molar-refractivity contribution in [3.05, 3.63) is 35.4 Å². The third kappa shape index (κ3) is 4.15. The van der Waals surface area contributed by atoms with Crippen LogP contribution in [-0.4, -0.2) is 29.6 Å². The van der Waals surface area contributed by atoms with Gasteiger partial charge in [-0.25, -0.2) is 0 Å². The van der Waals surface area contributed by atoms with E-state index in [2.05, 4.69) is 10.6 Å². The van der Waals surface area contributed by atoms with Crippen LogP contribution in [0.25, 0.3) is 0 Å². The second-order valence-electron chi connectivity index (χ2n) is 7.00. The Balaban J connectivity index is 1.45. The second-order valence-corrected chi connectivity index (χ2v) is 7.00. The highest BCUT2D eigenvalue weighted by Gasteiger charge is 2.31. The van der Waals surface area contributed by atoms with Crippen molar-refractivity contribution in [1.82, 2.24) is 10.6 Å². The number of amides is 2. The Morgan fingerprint density at radius 3 is 2.62 bits per heavy atom. The molecule has 2 atom stereocenters. The Morgan fingerprint density at radius 2 is 1.83 bits per heavy atom. The standard InChI is InChI=1S/C19H26N2O3/c22-16-11-14-8-4-5-9-15(14)19(16)21-18(24)12-20-17(23)10-13-6-2-1-3-7-13/h4-5,8-9,13,16,19,22H,1-3,6-7,10-12H2,(H,20,23)(H,21,24). The number of fused-ring (bicyclic) bond motifs is 1. The van der Waals surface area contributed by atoms with Gasteiger partial charge >= 0.3 is 0 Å². The van der Waals surface area contributed by atoms with Gasteiger partial charge < -0.3 is 15.7 Å². The number of aliphatic hydroxyl groups is 1. The largest absolute Gasteiger partial charge is 0.390 e. The number of hydrogen-bond donors (Lipinski definition) is 3. The van der Waals surface area contributed by atoms with Crippen molar-refractivity contribution in [1.29, 1.82) is 0 Å². The lowest BCUT2D eigenvalue weighted by Crippen LogP contribution is -2.41. The lowest BCUT2D eigenvalue weighted by molar-refractivity contribution is -0.127. The van der Waals surface area contributed by atoms with Crippen LogP contribution in [0.4, 0.5) is 0 Å². The average Bonchev–Trinajstić information content (AvgIpc) is 2.90. The van der Waals surface area contributed by atoms with Gasteiger partial charge in [0.2, 0.25) is 11.8 Å². The summed E-state index contributed by atoms with van der Waals surface area (Å²) in [7, 11) is 0. The number of benzene rings is 1. The molecule has 0 aliphatic heterocycles. The molecular weight excluding hydrogens is 304 g/mol. The molecule has 1 fully saturated rings. The first-order chi connectivity index (χ1) is 11.6. The minimum Gasteiger partial charge on any atom is -0.390 e. The Labute approximate surface area is 142 Å². The molecule has 5 heteroatoms. The minimum absolute atomic E-state index is 0.0308. The monoisotopic (exact) mass is 330 g/mol. The molecule has 3 N–H and O–H groups in total. The first kappa shape index (κ1) is 17.0. The Kier molecular flexibility index (Phi) is 5.51. The van der Waals surface area contributed by atoms with Crippen LogP contribution in [0.5, 0.6) is 0 Å². The van der Waals surface area contributed by atoms with Gasteiger partial charge in [-0.2, -0.15) is 0 Å². The van der Waals surface area contributed by atoms with Gasteiger partial charge in [-0.15, -0.1) is 0 Å². The first-order valence-corrected chi connectivity index (χ1v) is 8.95. The summed E-state index contributed by atoms with van der Waals surface area (Å²) in [5, 5.41) is 15.7. The maximum absolute atomic E-state index is 12.1. The molecule has 2 aliphatic carbocycles. The summed E-state index contributed by atoms with van der Waals surface area (Å²) in [5.74, 6) is 0.155. The molecule has 5 nitrogen and oxygen atoms in total. The molecule has 1 aromatic carbocycles. The summed E-state index contributed by atoms with van der Waals surface area (Å²) in [4.78, 5) is 24.1. The number of rotatable bonds is 5. The molecule has 130 valence electrons. The van der Waals surface area contributed by atoms with Crippen molar-refractivity contribution < 1.29 is 14.7 Å². The average molecular weight is 330 g/mol. The fourth-order valence-electron chi connectivity index (χ4n) is 3.88. The van der Waals surface area contributed by atoms with Gasteiger partial charge in [0.15, 0.2) is 0 Å². The SMILES string of the molecule is O=C(CC1CCCCC1)NCC(=O)NC1c2ccccc2CC1O. The molecule has 0 heterocycles. The molecule has 1 aromatic rings. The van der Waals surface area contributed by atoms with E-state index < -0.39 is 6.10 Å². The molecule has 0 saturated heterocycles. The maximum atomic E-state index is 12.1. The summed E-state index contributed by atoms with van der Waals surface area (Å²) in [6.45, 7) is -0.0308. The summed E-state index contributed by atoms with van der Waals surface area (Å²) < 4.78 is 0. The fraction of sp³-hybridized carbons (Fsp3) is 0.579. The van der Waals surface area contributed by atoms with Gasteiger partial charge in [0.25, 0.3) is 0 Å². The van der Waals surface area contributed by atoms with Crippen LogP contribution in [-0.2, 0) is 16.0 Å². The Morgan fingerprint density at radius 1 is 1.08 bits per heavy atom. The zero-order valence-electron chi connectivity index (χ0n) is 14.0. The van der Waals surface area contributed by atoms with E-state index in [0.29, 0.717) is 18.8 Å². The van der Waals surface area contributed by atoms with Crippen molar-refractivity contribution in [3.8, 4) is 0 Å². The summed E-state index contributed by atoms with van der Waals surface area (Å²) in [5.41, 5.74) is 2.03. The molecule has 0 aromatic heterocycles. The number of hydrogen-bond acceptors (Lipinski definition) is 3.